The van der Waals surface area contributed by atoms with Crippen molar-refractivity contribution in [2.75, 3.05) is 5.32 Å². The van der Waals surface area contributed by atoms with Crippen molar-refractivity contribution in [3.05, 3.63) is 53.2 Å². The highest BCUT2D eigenvalue weighted by atomic mass is 35.5. The molecule has 4 aromatic rings. The molecule has 3 N–H and O–H groups in total. The summed E-state index contributed by atoms with van der Waals surface area (Å²) in [4.78, 5) is 26.3. The maximum atomic E-state index is 12.3. The van der Waals surface area contributed by atoms with Crippen LogP contribution in [-0.2, 0) is 10.2 Å². The number of benzene rings is 1. The summed E-state index contributed by atoms with van der Waals surface area (Å²) in [5, 5.41) is 22.2. The van der Waals surface area contributed by atoms with E-state index in [4.69, 9.17) is 21.6 Å². The van der Waals surface area contributed by atoms with Gasteiger partial charge in [0.1, 0.15) is 11.5 Å². The number of hydrogen-bond acceptors (Lipinski definition) is 6. The van der Waals surface area contributed by atoms with Crippen LogP contribution >= 0.6 is 11.6 Å². The van der Waals surface area contributed by atoms with Crippen molar-refractivity contribution in [2.45, 2.75) is 57.9 Å². The highest BCUT2D eigenvalue weighted by molar-refractivity contribution is 6.31. The molecular formula is C29H31ClN6O2. The molecular weight excluding hydrogens is 500 g/mol. The van der Waals surface area contributed by atoms with Crippen LogP contribution in [0, 0.1) is 17.8 Å². The van der Waals surface area contributed by atoms with Crippen LogP contribution in [0.2, 0.25) is 5.02 Å². The quantitative estimate of drug-likeness (QED) is 0.276. The van der Waals surface area contributed by atoms with Gasteiger partial charge in [-0.05, 0) is 54.6 Å². The van der Waals surface area contributed by atoms with Crippen LogP contribution in [0.3, 0.4) is 0 Å². The topological polar surface area (TPSA) is 117 Å². The Morgan fingerprint density at radius 3 is 2.45 bits per heavy atom. The van der Waals surface area contributed by atoms with Crippen molar-refractivity contribution < 1.29 is 9.90 Å². The first-order chi connectivity index (χ1) is 18.2. The number of halogens is 1. The fraction of sp³-hybridized carbons (Fsp3) is 0.414. The van der Waals surface area contributed by atoms with E-state index in [1.165, 1.54) is 5.56 Å². The van der Waals surface area contributed by atoms with Gasteiger partial charge >= 0.3 is 5.97 Å². The predicted molar refractivity (Wildman–Crippen MR) is 148 cm³/mol. The number of carbonyl (C=O) groups is 1. The Morgan fingerprint density at radius 2 is 1.76 bits per heavy atom. The van der Waals surface area contributed by atoms with E-state index < -0.39 is 11.9 Å². The number of rotatable bonds is 5. The predicted octanol–water partition coefficient (Wildman–Crippen LogP) is 6.33. The van der Waals surface area contributed by atoms with Gasteiger partial charge in [-0.25, -0.2) is 15.0 Å². The highest BCUT2D eigenvalue weighted by Gasteiger charge is 2.47. The average Bonchev–Trinajstić information content (AvgIpc) is 3.31. The maximum Gasteiger partial charge on any atom is 0.308 e. The van der Waals surface area contributed by atoms with E-state index in [1.54, 1.807) is 12.3 Å². The van der Waals surface area contributed by atoms with Gasteiger partial charge in [0.2, 0.25) is 0 Å². The number of hydrogen-bond donors (Lipinski definition) is 3. The second-order valence-electron chi connectivity index (χ2n) is 11.6. The van der Waals surface area contributed by atoms with Gasteiger partial charge in [-0.3, -0.25) is 9.89 Å². The molecule has 0 spiro atoms. The Kier molecular flexibility index (Phi) is 6.10. The molecule has 38 heavy (non-hydrogen) atoms. The maximum absolute atomic E-state index is 12.3. The Morgan fingerprint density at radius 1 is 1.05 bits per heavy atom. The lowest BCUT2D eigenvalue weighted by molar-refractivity contribution is -0.148. The second-order valence-corrected chi connectivity index (χ2v) is 12.1. The summed E-state index contributed by atoms with van der Waals surface area (Å²) in [5.41, 5.74) is 4.10. The zero-order valence-corrected chi connectivity index (χ0v) is 22.5. The Labute approximate surface area is 226 Å². The number of fused-ring (bicyclic) bond motifs is 4. The van der Waals surface area contributed by atoms with E-state index in [0.29, 0.717) is 33.9 Å². The second kappa shape index (κ2) is 9.34. The lowest BCUT2D eigenvalue weighted by Crippen LogP contribution is -2.51. The van der Waals surface area contributed by atoms with E-state index in [1.807, 2.05) is 6.07 Å². The molecule has 196 valence electrons. The van der Waals surface area contributed by atoms with Crippen molar-refractivity contribution in [1.82, 2.24) is 25.1 Å². The third-order valence-electron chi connectivity index (χ3n) is 8.19. The first-order valence-electron chi connectivity index (χ1n) is 13.2. The lowest BCUT2D eigenvalue weighted by atomic mass is 9.61. The molecule has 8 nitrogen and oxygen atoms in total. The zero-order chi connectivity index (χ0) is 26.6. The summed E-state index contributed by atoms with van der Waals surface area (Å²) in [7, 11) is 0. The number of aliphatic carboxylic acids is 1. The molecule has 0 radical (unpaired) electrons. The van der Waals surface area contributed by atoms with Crippen LogP contribution < -0.4 is 5.32 Å². The van der Waals surface area contributed by atoms with Crippen LogP contribution in [0.5, 0.6) is 0 Å². The van der Waals surface area contributed by atoms with Crippen molar-refractivity contribution in [2.24, 2.45) is 17.8 Å². The Hall–Kier alpha value is -3.52. The first-order valence-corrected chi connectivity index (χ1v) is 13.5. The van der Waals surface area contributed by atoms with Crippen LogP contribution in [0.15, 0.2) is 42.6 Å². The third-order valence-corrected chi connectivity index (χ3v) is 8.40. The molecule has 3 saturated carbocycles. The molecule has 7 rings (SSSR count). The molecule has 0 saturated heterocycles. The fourth-order valence-electron chi connectivity index (χ4n) is 6.15. The molecule has 0 amide bonds. The fourth-order valence-corrected chi connectivity index (χ4v) is 6.31. The lowest BCUT2D eigenvalue weighted by Gasteiger charge is -2.47. The van der Waals surface area contributed by atoms with Crippen LogP contribution in [0.25, 0.3) is 33.8 Å². The average molecular weight is 531 g/mol. The van der Waals surface area contributed by atoms with E-state index in [9.17, 15) is 9.90 Å². The molecule has 0 aliphatic heterocycles. The molecule has 3 aliphatic carbocycles. The van der Waals surface area contributed by atoms with E-state index in [-0.39, 0.29) is 17.4 Å². The number of nitrogens with one attached hydrogen (secondary N) is 2. The van der Waals surface area contributed by atoms with Crippen molar-refractivity contribution >= 4 is 34.4 Å². The molecule has 3 heterocycles. The van der Waals surface area contributed by atoms with Crippen molar-refractivity contribution in [3.63, 3.8) is 0 Å². The minimum absolute atomic E-state index is 0.0370. The largest absolute Gasteiger partial charge is 0.481 e. The summed E-state index contributed by atoms with van der Waals surface area (Å²) in [6.45, 7) is 6.56. The normalized spacial score (nSPS) is 23.1. The number of nitrogens with zero attached hydrogens (tertiary/aromatic N) is 4. The summed E-state index contributed by atoms with van der Waals surface area (Å²) >= 11 is 6.24. The molecule has 3 aromatic heterocycles. The van der Waals surface area contributed by atoms with Gasteiger partial charge in [0.25, 0.3) is 0 Å². The standard InChI is InChI=1S/C29H31ClN6O2/c1-29(2,3)18-10-8-15(9-11-18)21-13-22(33-24-17-6-4-16(5-7-17)23(24)28(37)38)34-27(32-21)25-20-12-19(30)14-31-26(20)36-35-25/h8-14,16-17,23-24H,4-7H2,1-3H3,(H,37,38)(H,31,35,36)(H,32,33,34). The van der Waals surface area contributed by atoms with Gasteiger partial charge in [-0.1, -0.05) is 56.6 Å². The van der Waals surface area contributed by atoms with E-state index in [0.717, 1.165) is 42.3 Å². The SMILES string of the molecule is CC(C)(C)c1ccc(-c2cc(NC3C4CCC(CC4)C3C(=O)O)nc(-c3[nH]nc4ncc(Cl)cc34)n2)cc1. The number of H-pyrrole nitrogens is 1. The number of carboxylic acids is 1. The smallest absolute Gasteiger partial charge is 0.308 e. The number of aromatic nitrogens is 5. The summed E-state index contributed by atoms with van der Waals surface area (Å²) in [5.74, 6) is 0.405. The number of carboxylic acid groups (broad SMARTS) is 1. The molecule has 9 heteroatoms. The summed E-state index contributed by atoms with van der Waals surface area (Å²) in [6, 6.07) is 11.9. The van der Waals surface area contributed by atoms with Gasteiger partial charge in [0, 0.05) is 23.9 Å². The van der Waals surface area contributed by atoms with E-state index in [2.05, 4.69) is 65.5 Å². The van der Waals surface area contributed by atoms with Crippen LogP contribution in [0.1, 0.15) is 52.0 Å². The third kappa shape index (κ3) is 4.51. The molecule has 2 unspecified atom stereocenters. The minimum atomic E-state index is -0.732. The number of anilines is 1. The molecule has 2 atom stereocenters. The van der Waals surface area contributed by atoms with E-state index >= 15 is 0 Å². The molecule has 3 fully saturated rings. The summed E-state index contributed by atoms with van der Waals surface area (Å²) in [6.07, 6.45) is 5.60. The van der Waals surface area contributed by atoms with Crippen molar-refractivity contribution in [3.8, 4) is 22.8 Å². The zero-order valence-electron chi connectivity index (χ0n) is 21.7. The van der Waals surface area contributed by atoms with Gasteiger partial charge in [0.05, 0.1) is 22.0 Å². The minimum Gasteiger partial charge on any atom is -0.481 e. The molecule has 1 aromatic carbocycles. The molecule has 2 bridgehead atoms. The summed E-state index contributed by atoms with van der Waals surface area (Å²) < 4.78 is 0. The van der Waals surface area contributed by atoms with Crippen LogP contribution in [0.4, 0.5) is 5.82 Å². The monoisotopic (exact) mass is 530 g/mol. The van der Waals surface area contributed by atoms with Gasteiger partial charge in [-0.2, -0.15) is 5.10 Å². The Balaban J connectivity index is 1.45. The molecule has 3 aliphatic rings. The van der Waals surface area contributed by atoms with Gasteiger partial charge < -0.3 is 10.4 Å². The van der Waals surface area contributed by atoms with Crippen molar-refractivity contribution in [1.29, 1.82) is 0 Å². The van der Waals surface area contributed by atoms with Crippen LogP contribution in [-0.4, -0.2) is 42.3 Å². The van der Waals surface area contributed by atoms with Gasteiger partial charge in [-0.15, -0.1) is 0 Å². The highest BCUT2D eigenvalue weighted by Crippen LogP contribution is 2.46. The number of pyridine rings is 1. The Bertz CT molecular complexity index is 1500. The first kappa shape index (κ1) is 24.8. The van der Waals surface area contributed by atoms with Gasteiger partial charge in [0.15, 0.2) is 11.5 Å². The number of aromatic amines is 1.